The highest BCUT2D eigenvalue weighted by molar-refractivity contribution is 5.99. The zero-order chi connectivity index (χ0) is 17.8. The standard InChI is InChI=1S/C18H16N2O5/c21-17-10-14(11-19(17)15-6-2-1-3-7-15)18(22)25-12-13-5-4-8-16(9-13)20(23)24/h1-9,14H,10-12H2. The van der Waals surface area contributed by atoms with Crippen LogP contribution < -0.4 is 4.90 Å². The van der Waals surface area contributed by atoms with Gasteiger partial charge >= 0.3 is 5.97 Å². The maximum atomic E-state index is 12.2. The summed E-state index contributed by atoms with van der Waals surface area (Å²) in [6, 6.07) is 15.1. The predicted molar refractivity (Wildman–Crippen MR) is 89.8 cm³/mol. The van der Waals surface area contributed by atoms with Gasteiger partial charge in [-0.1, -0.05) is 30.3 Å². The lowest BCUT2D eigenvalue weighted by Crippen LogP contribution is -2.26. The van der Waals surface area contributed by atoms with Crippen molar-refractivity contribution in [2.45, 2.75) is 13.0 Å². The van der Waals surface area contributed by atoms with Crippen molar-refractivity contribution in [3.63, 3.8) is 0 Å². The van der Waals surface area contributed by atoms with Crippen molar-refractivity contribution in [1.29, 1.82) is 0 Å². The number of rotatable bonds is 5. The number of nitro benzene ring substituents is 1. The Bertz CT molecular complexity index is 806. The summed E-state index contributed by atoms with van der Waals surface area (Å²) in [5.41, 5.74) is 1.23. The molecular formula is C18H16N2O5. The number of hydrogen-bond donors (Lipinski definition) is 0. The second kappa shape index (κ2) is 7.12. The fraction of sp³-hybridized carbons (Fsp3) is 0.222. The quantitative estimate of drug-likeness (QED) is 0.474. The van der Waals surface area contributed by atoms with Crippen molar-refractivity contribution in [3.8, 4) is 0 Å². The highest BCUT2D eigenvalue weighted by Crippen LogP contribution is 2.26. The molecule has 1 unspecified atom stereocenters. The number of carbonyl (C=O) groups is 2. The van der Waals surface area contributed by atoms with Gasteiger partial charge < -0.3 is 9.64 Å². The molecule has 2 aromatic rings. The van der Waals surface area contributed by atoms with Gasteiger partial charge in [-0.3, -0.25) is 19.7 Å². The van der Waals surface area contributed by atoms with Gasteiger partial charge in [0, 0.05) is 30.8 Å². The first kappa shape index (κ1) is 16.6. The number of nitrogens with zero attached hydrogens (tertiary/aromatic N) is 2. The summed E-state index contributed by atoms with van der Waals surface area (Å²) in [6.07, 6.45) is 0.0999. The summed E-state index contributed by atoms with van der Waals surface area (Å²) >= 11 is 0. The first-order valence-corrected chi connectivity index (χ1v) is 7.80. The molecule has 0 aliphatic carbocycles. The van der Waals surface area contributed by atoms with Crippen LogP contribution in [0.3, 0.4) is 0 Å². The lowest BCUT2D eigenvalue weighted by Gasteiger charge is -2.16. The zero-order valence-corrected chi connectivity index (χ0v) is 13.3. The monoisotopic (exact) mass is 340 g/mol. The van der Waals surface area contributed by atoms with E-state index in [0.29, 0.717) is 5.56 Å². The smallest absolute Gasteiger partial charge is 0.311 e. The molecule has 0 bridgehead atoms. The number of benzene rings is 2. The van der Waals surface area contributed by atoms with E-state index in [4.69, 9.17) is 4.74 Å². The lowest BCUT2D eigenvalue weighted by atomic mass is 10.1. The Morgan fingerprint density at radius 1 is 1.20 bits per heavy atom. The van der Waals surface area contributed by atoms with Gasteiger partial charge in [0.25, 0.3) is 5.69 Å². The van der Waals surface area contributed by atoms with E-state index in [1.54, 1.807) is 11.0 Å². The van der Waals surface area contributed by atoms with Crippen molar-refractivity contribution in [2.24, 2.45) is 5.92 Å². The Kier molecular flexibility index (Phi) is 4.74. The molecule has 3 rings (SSSR count). The number of para-hydroxylation sites is 1. The summed E-state index contributed by atoms with van der Waals surface area (Å²) < 4.78 is 5.24. The molecule has 1 aliphatic rings. The molecule has 1 amide bonds. The maximum absolute atomic E-state index is 12.2. The largest absolute Gasteiger partial charge is 0.461 e. The van der Waals surface area contributed by atoms with Gasteiger partial charge in [-0.15, -0.1) is 0 Å². The van der Waals surface area contributed by atoms with Gasteiger partial charge in [0.1, 0.15) is 6.61 Å². The van der Waals surface area contributed by atoms with E-state index in [9.17, 15) is 19.7 Å². The normalized spacial score (nSPS) is 16.7. The van der Waals surface area contributed by atoms with Crippen molar-refractivity contribution < 1.29 is 19.2 Å². The number of nitro groups is 1. The lowest BCUT2D eigenvalue weighted by molar-refractivity contribution is -0.384. The topological polar surface area (TPSA) is 89.7 Å². The third-order valence-corrected chi connectivity index (χ3v) is 4.03. The minimum atomic E-state index is -0.536. The van der Waals surface area contributed by atoms with Crippen molar-refractivity contribution in [1.82, 2.24) is 0 Å². The van der Waals surface area contributed by atoms with Gasteiger partial charge in [-0.2, -0.15) is 0 Å². The van der Waals surface area contributed by atoms with Crippen LogP contribution >= 0.6 is 0 Å². The minimum Gasteiger partial charge on any atom is -0.461 e. The van der Waals surface area contributed by atoms with Crippen molar-refractivity contribution >= 4 is 23.3 Å². The molecule has 0 saturated carbocycles. The highest BCUT2D eigenvalue weighted by Gasteiger charge is 2.36. The number of anilines is 1. The first-order chi connectivity index (χ1) is 12.0. The highest BCUT2D eigenvalue weighted by atomic mass is 16.6. The number of non-ortho nitro benzene ring substituents is 1. The van der Waals surface area contributed by atoms with Crippen LogP contribution in [0.4, 0.5) is 11.4 Å². The van der Waals surface area contributed by atoms with Crippen LogP contribution in [0.25, 0.3) is 0 Å². The third kappa shape index (κ3) is 3.82. The Hall–Kier alpha value is -3.22. The molecule has 1 saturated heterocycles. The van der Waals surface area contributed by atoms with E-state index in [1.807, 2.05) is 30.3 Å². The maximum Gasteiger partial charge on any atom is 0.311 e. The SMILES string of the molecule is O=C(OCc1cccc([N+](=O)[O-])c1)C1CC(=O)N(c2ccccc2)C1. The fourth-order valence-corrected chi connectivity index (χ4v) is 2.76. The van der Waals surface area contributed by atoms with Crippen molar-refractivity contribution in [3.05, 3.63) is 70.3 Å². The van der Waals surface area contributed by atoms with E-state index < -0.39 is 16.8 Å². The summed E-state index contributed by atoms with van der Waals surface area (Å²) in [6.45, 7) is 0.215. The summed E-state index contributed by atoms with van der Waals surface area (Å²) in [7, 11) is 0. The predicted octanol–water partition coefficient (Wildman–Crippen LogP) is 2.69. The Balaban J connectivity index is 1.60. The van der Waals surface area contributed by atoms with E-state index in [1.165, 1.54) is 18.2 Å². The Morgan fingerprint density at radius 3 is 2.68 bits per heavy atom. The molecule has 25 heavy (non-hydrogen) atoms. The van der Waals surface area contributed by atoms with Crippen LogP contribution in [0.15, 0.2) is 54.6 Å². The van der Waals surface area contributed by atoms with Crippen LogP contribution in [-0.4, -0.2) is 23.3 Å². The molecule has 0 aromatic heterocycles. The number of amides is 1. The summed E-state index contributed by atoms with van der Waals surface area (Å²) in [5.74, 6) is -1.13. The van der Waals surface area contributed by atoms with Crippen molar-refractivity contribution in [2.75, 3.05) is 11.4 Å². The van der Waals surface area contributed by atoms with E-state index in [2.05, 4.69) is 0 Å². The van der Waals surface area contributed by atoms with E-state index in [0.717, 1.165) is 5.69 Å². The molecule has 1 atom stereocenters. The molecule has 7 heteroatoms. The van der Waals surface area contributed by atoms with Crippen LogP contribution in [-0.2, 0) is 20.9 Å². The second-order valence-electron chi connectivity index (χ2n) is 5.78. The van der Waals surface area contributed by atoms with Crippen LogP contribution in [0.1, 0.15) is 12.0 Å². The molecule has 0 spiro atoms. The van der Waals surface area contributed by atoms with E-state index >= 15 is 0 Å². The van der Waals surface area contributed by atoms with Gasteiger partial charge in [-0.05, 0) is 17.7 Å². The van der Waals surface area contributed by atoms with Gasteiger partial charge in [0.2, 0.25) is 5.91 Å². The van der Waals surface area contributed by atoms with Gasteiger partial charge in [0.15, 0.2) is 0 Å². The molecule has 1 aliphatic heterocycles. The molecule has 0 radical (unpaired) electrons. The fourth-order valence-electron chi connectivity index (χ4n) is 2.76. The first-order valence-electron chi connectivity index (χ1n) is 7.80. The molecule has 7 nitrogen and oxygen atoms in total. The zero-order valence-electron chi connectivity index (χ0n) is 13.3. The summed E-state index contributed by atoms with van der Waals surface area (Å²) in [5, 5.41) is 10.8. The third-order valence-electron chi connectivity index (χ3n) is 4.03. The molecule has 128 valence electrons. The molecular weight excluding hydrogens is 324 g/mol. The molecule has 2 aromatic carbocycles. The minimum absolute atomic E-state index is 0.0557. The van der Waals surface area contributed by atoms with Gasteiger partial charge in [-0.25, -0.2) is 0 Å². The van der Waals surface area contributed by atoms with Gasteiger partial charge in [0.05, 0.1) is 10.8 Å². The molecule has 0 N–H and O–H groups in total. The average molecular weight is 340 g/mol. The summed E-state index contributed by atoms with van der Waals surface area (Å²) in [4.78, 5) is 36.2. The molecule has 1 fully saturated rings. The molecule has 1 heterocycles. The van der Waals surface area contributed by atoms with E-state index in [-0.39, 0.29) is 31.2 Å². The average Bonchev–Trinajstić information content (AvgIpc) is 3.02. The number of esters is 1. The Morgan fingerprint density at radius 2 is 1.96 bits per heavy atom. The number of ether oxygens (including phenoxy) is 1. The number of carbonyl (C=O) groups excluding carboxylic acids is 2. The van der Waals surface area contributed by atoms with Crippen LogP contribution in [0, 0.1) is 16.0 Å². The number of hydrogen-bond acceptors (Lipinski definition) is 5. The Labute approximate surface area is 144 Å². The van der Waals surface area contributed by atoms with Crippen LogP contribution in [0.5, 0.6) is 0 Å². The second-order valence-corrected chi connectivity index (χ2v) is 5.78. The van der Waals surface area contributed by atoms with Crippen LogP contribution in [0.2, 0.25) is 0 Å².